The fraction of sp³-hybridized carbons (Fsp3) is 0.690. The monoisotopic (exact) mass is 524 g/mol. The van der Waals surface area contributed by atoms with Crippen molar-refractivity contribution in [2.45, 2.75) is 89.2 Å². The van der Waals surface area contributed by atoms with Gasteiger partial charge in [0.05, 0.1) is 10.2 Å². The first kappa shape index (κ1) is 25.1. The number of thiazole rings is 1. The zero-order valence-electron chi connectivity index (χ0n) is 22.6. The lowest BCUT2D eigenvalue weighted by molar-refractivity contribution is -0.121. The molecule has 2 aromatic rings. The predicted octanol–water partition coefficient (Wildman–Crippen LogP) is 5.57. The van der Waals surface area contributed by atoms with Crippen LogP contribution < -0.4 is 5.32 Å². The minimum Gasteiger partial charge on any atom is -0.444 e. The summed E-state index contributed by atoms with van der Waals surface area (Å²) in [4.78, 5) is 34.7. The van der Waals surface area contributed by atoms with Crippen LogP contribution in [-0.4, -0.2) is 65.1 Å². The molecular formula is C29H40N4O3S. The van der Waals surface area contributed by atoms with Gasteiger partial charge in [-0.05, 0) is 102 Å². The van der Waals surface area contributed by atoms with Gasteiger partial charge in [-0.25, -0.2) is 9.78 Å². The molecule has 3 atom stereocenters. The van der Waals surface area contributed by atoms with E-state index in [0.29, 0.717) is 42.5 Å². The Bertz CT molecular complexity index is 1210. The first-order valence-corrected chi connectivity index (χ1v) is 14.9. The average molecular weight is 525 g/mol. The number of nitrogens with zero attached hydrogens (tertiary/aromatic N) is 3. The van der Waals surface area contributed by atoms with Crippen LogP contribution in [0.5, 0.6) is 0 Å². The summed E-state index contributed by atoms with van der Waals surface area (Å²) in [5, 5.41) is 3.80. The first-order chi connectivity index (χ1) is 17.6. The Labute approximate surface area is 223 Å². The van der Waals surface area contributed by atoms with Crippen LogP contribution in [0.15, 0.2) is 12.1 Å². The van der Waals surface area contributed by atoms with Crippen LogP contribution in [-0.2, 0) is 21.4 Å². The Balaban J connectivity index is 1.17. The van der Waals surface area contributed by atoms with Gasteiger partial charge in [-0.1, -0.05) is 24.2 Å². The number of ether oxygens (including phenoxy) is 1. The molecule has 1 aromatic carbocycles. The molecule has 1 N–H and O–H groups in total. The number of hydrogen-bond donors (Lipinski definition) is 1. The van der Waals surface area contributed by atoms with E-state index in [2.05, 4.69) is 29.4 Å². The zero-order valence-corrected chi connectivity index (χ0v) is 23.5. The Hall–Kier alpha value is -2.19. The summed E-state index contributed by atoms with van der Waals surface area (Å²) in [6.07, 6.45) is 8.70. The Morgan fingerprint density at radius 1 is 1.11 bits per heavy atom. The molecule has 2 amide bonds. The van der Waals surface area contributed by atoms with Crippen molar-refractivity contribution >= 4 is 38.7 Å². The lowest BCUT2D eigenvalue weighted by Gasteiger charge is -2.58. The van der Waals surface area contributed by atoms with E-state index >= 15 is 0 Å². The molecule has 2 aliphatic heterocycles. The summed E-state index contributed by atoms with van der Waals surface area (Å²) in [6, 6.07) is 5.39. The molecule has 6 rings (SSSR count). The first-order valence-electron chi connectivity index (χ1n) is 14.1. The van der Waals surface area contributed by atoms with E-state index in [1.165, 1.54) is 48.9 Å². The molecule has 8 heteroatoms. The number of nitrogens with one attached hydrogen (secondary N) is 1. The number of carbonyl (C=O) groups excluding carboxylic acids is 2. The molecule has 0 spiro atoms. The molecule has 37 heavy (non-hydrogen) atoms. The fourth-order valence-electron chi connectivity index (χ4n) is 7.54. The van der Waals surface area contributed by atoms with Crippen molar-refractivity contribution in [1.82, 2.24) is 14.8 Å². The molecular weight excluding hydrogens is 484 g/mol. The Morgan fingerprint density at radius 2 is 1.89 bits per heavy atom. The van der Waals surface area contributed by atoms with Gasteiger partial charge in [-0.2, -0.15) is 0 Å². The van der Waals surface area contributed by atoms with E-state index in [1.807, 2.05) is 20.8 Å². The number of anilines is 1. The fourth-order valence-corrected chi connectivity index (χ4v) is 8.45. The number of aromatic nitrogens is 1. The Morgan fingerprint density at radius 3 is 2.65 bits per heavy atom. The molecule has 7 nitrogen and oxygen atoms in total. The van der Waals surface area contributed by atoms with Crippen LogP contribution in [0.25, 0.3) is 10.2 Å². The number of amides is 2. The van der Waals surface area contributed by atoms with Crippen LogP contribution >= 0.6 is 11.3 Å². The highest BCUT2D eigenvalue weighted by atomic mass is 32.1. The predicted molar refractivity (Wildman–Crippen MR) is 147 cm³/mol. The van der Waals surface area contributed by atoms with E-state index in [-0.39, 0.29) is 17.9 Å². The smallest absolute Gasteiger partial charge is 0.410 e. The molecule has 2 saturated heterocycles. The van der Waals surface area contributed by atoms with Crippen LogP contribution in [0.2, 0.25) is 0 Å². The second-order valence-corrected chi connectivity index (χ2v) is 13.8. The number of likely N-dealkylation sites (N-methyl/N-ethyl adjacent to an activating group) is 1. The van der Waals surface area contributed by atoms with Crippen molar-refractivity contribution in [3.8, 4) is 0 Å². The second-order valence-electron chi connectivity index (χ2n) is 12.7. The number of hydrogen-bond acceptors (Lipinski definition) is 6. The van der Waals surface area contributed by atoms with Crippen molar-refractivity contribution in [2.75, 3.05) is 32.0 Å². The van der Waals surface area contributed by atoms with Crippen molar-refractivity contribution in [3.05, 3.63) is 23.3 Å². The number of piperidine rings is 2. The third-order valence-corrected chi connectivity index (χ3v) is 10.3. The molecule has 3 fully saturated rings. The molecule has 1 aromatic heterocycles. The average Bonchev–Trinajstić information content (AvgIpc) is 3.25. The lowest BCUT2D eigenvalue weighted by Crippen LogP contribution is -2.59. The highest BCUT2D eigenvalue weighted by Gasteiger charge is 2.53. The normalized spacial score (nSPS) is 28.5. The molecule has 0 unspecified atom stereocenters. The van der Waals surface area contributed by atoms with Gasteiger partial charge in [0.1, 0.15) is 5.60 Å². The molecule has 2 aliphatic carbocycles. The number of likely N-dealkylation sites (tertiary alicyclic amines) is 2. The van der Waals surface area contributed by atoms with Crippen LogP contribution in [0.1, 0.15) is 76.8 Å². The van der Waals surface area contributed by atoms with E-state index in [1.54, 1.807) is 21.8 Å². The maximum Gasteiger partial charge on any atom is 0.410 e. The summed E-state index contributed by atoms with van der Waals surface area (Å²) < 4.78 is 6.65. The summed E-state index contributed by atoms with van der Waals surface area (Å²) in [7, 11) is 2.31. The van der Waals surface area contributed by atoms with E-state index in [0.717, 1.165) is 17.9 Å². The van der Waals surface area contributed by atoms with Crippen molar-refractivity contribution in [2.24, 2.45) is 11.8 Å². The van der Waals surface area contributed by atoms with Gasteiger partial charge in [0.25, 0.3) is 0 Å². The third-order valence-electron chi connectivity index (χ3n) is 9.37. The third kappa shape index (κ3) is 4.54. The highest BCUT2D eigenvalue weighted by Crippen LogP contribution is 2.56. The van der Waals surface area contributed by atoms with E-state index < -0.39 is 5.60 Å². The van der Waals surface area contributed by atoms with Gasteiger partial charge in [0.2, 0.25) is 5.91 Å². The molecule has 3 heterocycles. The topological polar surface area (TPSA) is 74.8 Å². The molecule has 4 aliphatic rings. The van der Waals surface area contributed by atoms with Gasteiger partial charge in [-0.15, -0.1) is 0 Å². The van der Waals surface area contributed by atoms with E-state index in [9.17, 15) is 9.59 Å². The minimum atomic E-state index is -0.510. The van der Waals surface area contributed by atoms with Crippen molar-refractivity contribution in [1.29, 1.82) is 0 Å². The SMILES string of the molecule is CN1CC[C@]23CCCC[C@H]2[C@H]1Cc1cc2sc(NC(=O)C4CCN(C(=O)OC(C)(C)C)CC4)nc2cc13. The molecule has 200 valence electrons. The van der Waals surface area contributed by atoms with Crippen LogP contribution in [0.4, 0.5) is 9.93 Å². The maximum absolute atomic E-state index is 13.1. The molecule has 2 bridgehead atoms. The Kier molecular flexibility index (Phi) is 6.26. The summed E-state index contributed by atoms with van der Waals surface area (Å²) in [5.74, 6) is 0.654. The zero-order chi connectivity index (χ0) is 25.9. The van der Waals surface area contributed by atoms with Gasteiger partial charge in [-0.3, -0.25) is 4.79 Å². The minimum absolute atomic E-state index is 0.0103. The number of rotatable bonds is 2. The number of carbonyl (C=O) groups is 2. The maximum atomic E-state index is 13.1. The van der Waals surface area contributed by atoms with E-state index in [4.69, 9.17) is 9.72 Å². The van der Waals surface area contributed by atoms with Crippen molar-refractivity contribution in [3.63, 3.8) is 0 Å². The molecule has 1 saturated carbocycles. The second kappa shape index (κ2) is 9.23. The molecule has 0 radical (unpaired) electrons. The van der Waals surface area contributed by atoms with Gasteiger partial charge in [0, 0.05) is 30.5 Å². The summed E-state index contributed by atoms with van der Waals surface area (Å²) >= 11 is 1.59. The number of benzene rings is 1. The summed E-state index contributed by atoms with van der Waals surface area (Å²) in [5.41, 5.74) is 3.87. The van der Waals surface area contributed by atoms with Gasteiger partial charge in [0.15, 0.2) is 5.13 Å². The van der Waals surface area contributed by atoms with Crippen molar-refractivity contribution < 1.29 is 14.3 Å². The number of fused-ring (bicyclic) bond motifs is 2. The van der Waals surface area contributed by atoms with Gasteiger partial charge >= 0.3 is 6.09 Å². The van der Waals surface area contributed by atoms with Crippen LogP contribution in [0.3, 0.4) is 0 Å². The van der Waals surface area contributed by atoms with Gasteiger partial charge < -0.3 is 19.9 Å². The summed E-state index contributed by atoms with van der Waals surface area (Å²) in [6.45, 7) is 7.88. The largest absolute Gasteiger partial charge is 0.444 e. The standard InChI is InChI=1S/C29H40N4O3S/c1-28(2,3)36-27(35)33-12-8-18(9-13-33)25(34)31-26-30-22-17-21-19(16-24(22)37-26)15-23-20-7-5-6-10-29(20,21)11-14-32(23)4/h16-18,20,23H,5-15H2,1-4H3,(H,30,31,34)/t20-,23+,29+/m0/s1. The highest BCUT2D eigenvalue weighted by molar-refractivity contribution is 7.22. The van der Waals surface area contributed by atoms with Crippen LogP contribution in [0, 0.1) is 11.8 Å². The lowest BCUT2D eigenvalue weighted by atomic mass is 9.52. The quantitative estimate of drug-likeness (QED) is 0.556.